The van der Waals surface area contributed by atoms with Crippen molar-refractivity contribution in [3.8, 4) is 5.75 Å². The molecule has 1 heterocycles. The van der Waals surface area contributed by atoms with E-state index in [9.17, 15) is 13.2 Å². The van der Waals surface area contributed by atoms with Crippen LogP contribution in [0.3, 0.4) is 0 Å². The number of hydrogen-bond acceptors (Lipinski definition) is 5. The minimum absolute atomic E-state index is 0.143. The van der Waals surface area contributed by atoms with Crippen molar-refractivity contribution in [1.82, 2.24) is 4.31 Å². The number of ether oxygens (including phenoxy) is 2. The van der Waals surface area contributed by atoms with Gasteiger partial charge in [-0.3, -0.25) is 4.79 Å². The molecule has 150 valence electrons. The van der Waals surface area contributed by atoms with Crippen LogP contribution in [0.2, 0.25) is 0 Å². The molecule has 1 N–H and O–H groups in total. The Morgan fingerprint density at radius 1 is 1.14 bits per heavy atom. The topological polar surface area (TPSA) is 84.9 Å². The molecule has 0 radical (unpaired) electrons. The third-order valence-corrected chi connectivity index (χ3v) is 6.29. The Bertz CT molecular complexity index is 896. The molecule has 8 heteroatoms. The lowest BCUT2D eigenvalue weighted by Gasteiger charge is -2.26. The number of amides is 1. The second-order valence-corrected chi connectivity index (χ2v) is 8.30. The summed E-state index contributed by atoms with van der Waals surface area (Å²) >= 11 is 0. The van der Waals surface area contributed by atoms with Gasteiger partial charge in [-0.2, -0.15) is 4.31 Å². The molecule has 1 fully saturated rings. The van der Waals surface area contributed by atoms with Crippen molar-refractivity contribution in [3.05, 3.63) is 54.6 Å². The summed E-state index contributed by atoms with van der Waals surface area (Å²) in [7, 11) is -3.62. The summed E-state index contributed by atoms with van der Waals surface area (Å²) in [6.07, 6.45) is -0.200. The van der Waals surface area contributed by atoms with E-state index in [1.165, 1.54) is 16.4 Å². The van der Waals surface area contributed by atoms with Gasteiger partial charge >= 0.3 is 0 Å². The van der Waals surface area contributed by atoms with Crippen molar-refractivity contribution in [2.24, 2.45) is 0 Å². The molecule has 7 nitrogen and oxygen atoms in total. The maximum absolute atomic E-state index is 12.8. The highest BCUT2D eigenvalue weighted by molar-refractivity contribution is 7.89. The zero-order valence-corrected chi connectivity index (χ0v) is 16.5. The van der Waals surface area contributed by atoms with Crippen LogP contribution in [-0.2, 0) is 19.6 Å². The molecule has 28 heavy (non-hydrogen) atoms. The molecule has 0 saturated carbocycles. The summed E-state index contributed by atoms with van der Waals surface area (Å²) in [5.41, 5.74) is 0.412. The highest BCUT2D eigenvalue weighted by Crippen LogP contribution is 2.21. The molecule has 0 unspecified atom stereocenters. The summed E-state index contributed by atoms with van der Waals surface area (Å²) in [4.78, 5) is 12.7. The SMILES string of the molecule is CC[C@H](Oc1ccccc1)C(=O)Nc1cccc(S(=O)(=O)N2CCOCC2)c1. The van der Waals surface area contributed by atoms with Crippen LogP contribution < -0.4 is 10.1 Å². The van der Waals surface area contributed by atoms with Gasteiger partial charge < -0.3 is 14.8 Å². The van der Waals surface area contributed by atoms with E-state index in [4.69, 9.17) is 9.47 Å². The number of carbonyl (C=O) groups excluding carboxylic acids is 1. The number of para-hydroxylation sites is 1. The standard InChI is InChI=1S/C20H24N2O5S/c1-2-19(27-17-8-4-3-5-9-17)20(23)21-16-7-6-10-18(15-16)28(24,25)22-11-13-26-14-12-22/h3-10,15,19H,2,11-14H2,1H3,(H,21,23)/t19-/m0/s1. The van der Waals surface area contributed by atoms with E-state index in [0.717, 1.165) is 0 Å². The monoisotopic (exact) mass is 404 g/mol. The van der Waals surface area contributed by atoms with Gasteiger partial charge in [0.1, 0.15) is 5.75 Å². The number of anilines is 1. The maximum atomic E-state index is 12.8. The predicted molar refractivity (Wildman–Crippen MR) is 106 cm³/mol. The van der Waals surface area contributed by atoms with Crippen LogP contribution in [-0.4, -0.2) is 51.0 Å². The molecule has 0 bridgehead atoms. The molecule has 1 aliphatic rings. The van der Waals surface area contributed by atoms with Crippen LogP contribution in [0.1, 0.15) is 13.3 Å². The molecule has 1 atom stereocenters. The molecule has 1 aliphatic heterocycles. The number of morpholine rings is 1. The third kappa shape index (κ3) is 4.89. The molecule has 1 saturated heterocycles. The highest BCUT2D eigenvalue weighted by atomic mass is 32.2. The van der Waals surface area contributed by atoms with Crippen molar-refractivity contribution in [3.63, 3.8) is 0 Å². The van der Waals surface area contributed by atoms with Crippen LogP contribution in [0.4, 0.5) is 5.69 Å². The Kier molecular flexibility index (Phi) is 6.66. The Labute approximate surface area is 165 Å². The Balaban J connectivity index is 1.72. The van der Waals surface area contributed by atoms with Crippen molar-refractivity contribution in [2.45, 2.75) is 24.3 Å². The summed E-state index contributed by atoms with van der Waals surface area (Å²) in [5.74, 6) is 0.278. The lowest BCUT2D eigenvalue weighted by Crippen LogP contribution is -2.40. The number of nitrogens with one attached hydrogen (secondary N) is 1. The Morgan fingerprint density at radius 2 is 1.86 bits per heavy atom. The van der Waals surface area contributed by atoms with Crippen molar-refractivity contribution >= 4 is 21.6 Å². The van der Waals surface area contributed by atoms with E-state index in [0.29, 0.717) is 44.2 Å². The van der Waals surface area contributed by atoms with Gasteiger partial charge in [0.25, 0.3) is 5.91 Å². The van der Waals surface area contributed by atoms with E-state index in [2.05, 4.69) is 5.32 Å². The first-order chi connectivity index (χ1) is 13.5. The fourth-order valence-corrected chi connectivity index (χ4v) is 4.33. The molecule has 0 aromatic heterocycles. The van der Waals surface area contributed by atoms with Crippen molar-refractivity contribution < 1.29 is 22.7 Å². The zero-order chi connectivity index (χ0) is 20.0. The lowest BCUT2D eigenvalue weighted by atomic mass is 10.2. The maximum Gasteiger partial charge on any atom is 0.265 e. The molecule has 0 aliphatic carbocycles. The van der Waals surface area contributed by atoms with Crippen LogP contribution in [0.15, 0.2) is 59.5 Å². The predicted octanol–water partition coefficient (Wildman–Crippen LogP) is 2.50. The summed E-state index contributed by atoms with van der Waals surface area (Å²) < 4.78 is 37.9. The first-order valence-corrected chi connectivity index (χ1v) is 10.6. The molecule has 2 aromatic carbocycles. The average molecular weight is 404 g/mol. The van der Waals surface area contributed by atoms with Gasteiger partial charge in [0, 0.05) is 18.8 Å². The Hall–Kier alpha value is -2.42. The van der Waals surface area contributed by atoms with Crippen LogP contribution in [0.25, 0.3) is 0 Å². The van der Waals surface area contributed by atoms with Crippen LogP contribution in [0, 0.1) is 0 Å². The molecular formula is C20H24N2O5S. The van der Waals surface area contributed by atoms with Crippen LogP contribution >= 0.6 is 0 Å². The summed E-state index contributed by atoms with van der Waals surface area (Å²) in [6, 6.07) is 15.4. The van der Waals surface area contributed by atoms with E-state index in [-0.39, 0.29) is 10.8 Å². The molecular weight excluding hydrogens is 380 g/mol. The molecule has 1 amide bonds. The minimum Gasteiger partial charge on any atom is -0.481 e. The van der Waals surface area contributed by atoms with E-state index in [1.54, 1.807) is 24.3 Å². The van der Waals surface area contributed by atoms with Crippen molar-refractivity contribution in [2.75, 3.05) is 31.6 Å². The van der Waals surface area contributed by atoms with Gasteiger partial charge in [-0.15, -0.1) is 0 Å². The third-order valence-electron chi connectivity index (χ3n) is 4.39. The van der Waals surface area contributed by atoms with Gasteiger partial charge in [-0.05, 0) is 36.8 Å². The van der Waals surface area contributed by atoms with Crippen LogP contribution in [0.5, 0.6) is 5.75 Å². The first-order valence-electron chi connectivity index (χ1n) is 9.21. The van der Waals surface area contributed by atoms with Gasteiger partial charge in [-0.25, -0.2) is 8.42 Å². The average Bonchev–Trinajstić information content (AvgIpc) is 2.73. The zero-order valence-electron chi connectivity index (χ0n) is 15.7. The smallest absolute Gasteiger partial charge is 0.265 e. The second-order valence-electron chi connectivity index (χ2n) is 6.36. The normalized spacial score (nSPS) is 16.3. The van der Waals surface area contributed by atoms with Gasteiger partial charge in [0.2, 0.25) is 10.0 Å². The van der Waals surface area contributed by atoms with Gasteiger partial charge in [0.05, 0.1) is 18.1 Å². The van der Waals surface area contributed by atoms with E-state index >= 15 is 0 Å². The van der Waals surface area contributed by atoms with Gasteiger partial charge in [0.15, 0.2) is 6.10 Å². The molecule has 3 rings (SSSR count). The number of sulfonamides is 1. The van der Waals surface area contributed by atoms with Gasteiger partial charge in [-0.1, -0.05) is 31.2 Å². The van der Waals surface area contributed by atoms with E-state index in [1.807, 2.05) is 25.1 Å². The molecule has 2 aromatic rings. The fourth-order valence-electron chi connectivity index (χ4n) is 2.88. The number of rotatable bonds is 7. The summed E-state index contributed by atoms with van der Waals surface area (Å²) in [5, 5.41) is 2.76. The number of carbonyl (C=O) groups is 1. The lowest BCUT2D eigenvalue weighted by molar-refractivity contribution is -0.122. The number of benzene rings is 2. The minimum atomic E-state index is -3.62. The largest absolute Gasteiger partial charge is 0.481 e. The number of nitrogens with zero attached hydrogens (tertiary/aromatic N) is 1. The molecule has 0 spiro atoms. The quantitative estimate of drug-likeness (QED) is 0.766. The second kappa shape index (κ2) is 9.18. The first kappa shape index (κ1) is 20.3. The fraction of sp³-hybridized carbons (Fsp3) is 0.350. The van der Waals surface area contributed by atoms with E-state index < -0.39 is 16.1 Å². The summed E-state index contributed by atoms with van der Waals surface area (Å²) in [6.45, 7) is 3.26. The van der Waals surface area contributed by atoms with Crippen molar-refractivity contribution in [1.29, 1.82) is 0 Å². The number of hydrogen-bond donors (Lipinski definition) is 1. The Morgan fingerprint density at radius 3 is 2.54 bits per heavy atom. The highest BCUT2D eigenvalue weighted by Gasteiger charge is 2.27.